The third kappa shape index (κ3) is 13.3. The van der Waals surface area contributed by atoms with Crippen molar-refractivity contribution in [3.05, 3.63) is 0 Å². The number of nitrogens with one attached hydrogen (secondary N) is 2. The van der Waals surface area contributed by atoms with Crippen LogP contribution in [0.25, 0.3) is 0 Å². The molecule has 1 heterocycles. The van der Waals surface area contributed by atoms with Crippen molar-refractivity contribution in [2.24, 2.45) is 0 Å². The van der Waals surface area contributed by atoms with E-state index in [1.807, 2.05) is 0 Å². The highest BCUT2D eigenvalue weighted by molar-refractivity contribution is 5.78. The molecule has 0 aromatic heterocycles. The number of amides is 1. The molecule has 1 aliphatic rings. The fraction of sp³-hybridized carbons (Fsp3) is 0.762. The summed E-state index contributed by atoms with van der Waals surface area (Å²) in [7, 11) is 1.74. The van der Waals surface area contributed by atoms with Gasteiger partial charge in [0.1, 0.15) is 6.04 Å². The Morgan fingerprint density at radius 2 is 1.19 bits per heavy atom. The van der Waals surface area contributed by atoms with Crippen molar-refractivity contribution < 1.29 is 44.4 Å². The summed E-state index contributed by atoms with van der Waals surface area (Å²) in [6.07, 6.45) is -0.00896. The quantitative estimate of drug-likeness (QED) is 0.127. The Bertz CT molecular complexity index is 753. The van der Waals surface area contributed by atoms with Crippen LogP contribution in [0.2, 0.25) is 0 Å². The fourth-order valence-corrected chi connectivity index (χ4v) is 3.92. The largest absolute Gasteiger partial charge is 0.480 e. The lowest BCUT2D eigenvalue weighted by molar-refractivity contribution is -0.145. The number of carboxylic acid groups (broad SMARTS) is 4. The van der Waals surface area contributed by atoms with Crippen LogP contribution < -0.4 is 10.6 Å². The Morgan fingerprint density at radius 1 is 0.722 bits per heavy atom. The number of rotatable bonds is 14. The molecular formula is C21H38N6O9. The highest BCUT2D eigenvalue weighted by Crippen LogP contribution is 2.11. The van der Waals surface area contributed by atoms with Crippen molar-refractivity contribution in [1.82, 2.24) is 30.2 Å². The SMILES string of the molecule is CNCCNC(=O)CCC(C(=O)O)N1CCN(CC(=O)O)CCN(CC(=O)O)CN(CC(=O)O)CC1. The van der Waals surface area contributed by atoms with Gasteiger partial charge < -0.3 is 31.1 Å². The van der Waals surface area contributed by atoms with Gasteiger partial charge in [0.25, 0.3) is 0 Å². The summed E-state index contributed by atoms with van der Waals surface area (Å²) in [6.45, 7) is 0.928. The normalized spacial score (nSPS) is 18.1. The second-order valence-electron chi connectivity index (χ2n) is 8.59. The summed E-state index contributed by atoms with van der Waals surface area (Å²) in [5, 5.41) is 43.3. The number of hydrogen-bond acceptors (Lipinski definition) is 10. The summed E-state index contributed by atoms with van der Waals surface area (Å²) in [6, 6.07) is -1.05. The second kappa shape index (κ2) is 16.8. The minimum atomic E-state index is -1.14. The van der Waals surface area contributed by atoms with Crippen LogP contribution in [0.15, 0.2) is 0 Å². The average Bonchev–Trinajstić information content (AvgIpc) is 2.79. The predicted octanol–water partition coefficient (Wildman–Crippen LogP) is -3.01. The van der Waals surface area contributed by atoms with Gasteiger partial charge in [0, 0.05) is 58.8 Å². The van der Waals surface area contributed by atoms with Crippen molar-refractivity contribution in [3.8, 4) is 0 Å². The molecule has 15 heteroatoms. The van der Waals surface area contributed by atoms with Gasteiger partial charge in [-0.3, -0.25) is 43.6 Å². The van der Waals surface area contributed by atoms with E-state index >= 15 is 0 Å². The van der Waals surface area contributed by atoms with Gasteiger partial charge in [0.15, 0.2) is 0 Å². The van der Waals surface area contributed by atoms with Crippen LogP contribution in [0.5, 0.6) is 0 Å². The minimum Gasteiger partial charge on any atom is -0.480 e. The first-order valence-electron chi connectivity index (χ1n) is 11.7. The molecule has 0 bridgehead atoms. The van der Waals surface area contributed by atoms with Crippen LogP contribution in [-0.4, -0.2) is 162 Å². The van der Waals surface area contributed by atoms with E-state index in [4.69, 9.17) is 0 Å². The van der Waals surface area contributed by atoms with Crippen molar-refractivity contribution >= 4 is 29.8 Å². The number of carbonyl (C=O) groups is 5. The molecule has 6 N–H and O–H groups in total. The lowest BCUT2D eigenvalue weighted by atomic mass is 10.1. The maximum Gasteiger partial charge on any atom is 0.320 e. The molecular weight excluding hydrogens is 480 g/mol. The molecule has 0 radical (unpaired) electrons. The number of aliphatic carboxylic acids is 4. The van der Waals surface area contributed by atoms with Crippen LogP contribution in [-0.2, 0) is 24.0 Å². The summed E-state index contributed by atoms with van der Waals surface area (Å²) in [5.41, 5.74) is 0. The van der Waals surface area contributed by atoms with Gasteiger partial charge in [0.2, 0.25) is 5.91 Å². The first kappa shape index (κ1) is 31.2. The van der Waals surface area contributed by atoms with Crippen LogP contribution in [0, 0.1) is 0 Å². The lowest BCUT2D eigenvalue weighted by Gasteiger charge is -2.32. The summed E-state index contributed by atoms with van der Waals surface area (Å²) in [4.78, 5) is 64.5. The smallest absolute Gasteiger partial charge is 0.320 e. The maximum absolute atomic E-state index is 12.1. The third-order valence-electron chi connectivity index (χ3n) is 5.68. The molecule has 206 valence electrons. The van der Waals surface area contributed by atoms with E-state index in [0.29, 0.717) is 13.1 Å². The highest BCUT2D eigenvalue weighted by atomic mass is 16.4. The predicted molar refractivity (Wildman–Crippen MR) is 127 cm³/mol. The van der Waals surface area contributed by atoms with Crippen LogP contribution in [0.4, 0.5) is 0 Å². The van der Waals surface area contributed by atoms with E-state index in [1.165, 1.54) is 9.80 Å². The van der Waals surface area contributed by atoms with E-state index in [-0.39, 0.29) is 84.3 Å². The molecule has 36 heavy (non-hydrogen) atoms. The summed E-state index contributed by atoms with van der Waals surface area (Å²) < 4.78 is 0. The molecule has 0 spiro atoms. The topological polar surface area (TPSA) is 203 Å². The third-order valence-corrected chi connectivity index (χ3v) is 5.68. The molecule has 0 saturated carbocycles. The Labute approximate surface area is 209 Å². The first-order chi connectivity index (χ1) is 17.0. The lowest BCUT2D eigenvalue weighted by Crippen LogP contribution is -2.49. The Balaban J connectivity index is 3.08. The van der Waals surface area contributed by atoms with Gasteiger partial charge in [0.05, 0.1) is 26.3 Å². The summed E-state index contributed by atoms with van der Waals surface area (Å²) in [5.74, 6) is -4.74. The standard InChI is InChI=1S/C21H38N6O9/c1-22-4-5-23-17(28)3-2-16(21(35)36)27-10-8-24(12-18(29)30)6-7-25(13-19(31)32)15-26(9-11-27)14-20(33)34/h16,22H,2-15H2,1H3,(H,23,28)(H,29,30)(H,31,32)(H,33,34)(H,35,36). The van der Waals surface area contributed by atoms with Crippen molar-refractivity contribution in [3.63, 3.8) is 0 Å². The average molecular weight is 519 g/mol. The van der Waals surface area contributed by atoms with Gasteiger partial charge in [-0.15, -0.1) is 0 Å². The molecule has 1 atom stereocenters. The van der Waals surface area contributed by atoms with E-state index in [9.17, 15) is 44.4 Å². The number of likely N-dealkylation sites (N-methyl/N-ethyl adjacent to an activating group) is 1. The fourth-order valence-electron chi connectivity index (χ4n) is 3.92. The van der Waals surface area contributed by atoms with E-state index in [0.717, 1.165) is 0 Å². The molecule has 0 aromatic carbocycles. The molecule has 1 saturated heterocycles. The minimum absolute atomic E-state index is 0.00103. The van der Waals surface area contributed by atoms with Crippen LogP contribution in [0.3, 0.4) is 0 Å². The Hall–Kier alpha value is -2.85. The zero-order valence-corrected chi connectivity index (χ0v) is 20.6. The molecule has 1 amide bonds. The Kier molecular flexibility index (Phi) is 14.5. The monoisotopic (exact) mass is 518 g/mol. The Morgan fingerprint density at radius 3 is 1.69 bits per heavy atom. The van der Waals surface area contributed by atoms with Crippen LogP contribution in [0.1, 0.15) is 12.8 Å². The number of carbonyl (C=O) groups excluding carboxylic acids is 1. The zero-order chi connectivity index (χ0) is 27.1. The van der Waals surface area contributed by atoms with Gasteiger partial charge in [-0.2, -0.15) is 0 Å². The van der Waals surface area contributed by atoms with Crippen molar-refractivity contribution in [2.45, 2.75) is 18.9 Å². The first-order valence-corrected chi connectivity index (χ1v) is 11.7. The van der Waals surface area contributed by atoms with Gasteiger partial charge in [-0.25, -0.2) is 0 Å². The highest BCUT2D eigenvalue weighted by Gasteiger charge is 2.29. The van der Waals surface area contributed by atoms with E-state index in [2.05, 4.69) is 10.6 Å². The summed E-state index contributed by atoms with van der Waals surface area (Å²) >= 11 is 0. The molecule has 1 unspecified atom stereocenters. The van der Waals surface area contributed by atoms with E-state index in [1.54, 1.807) is 16.8 Å². The van der Waals surface area contributed by atoms with Gasteiger partial charge in [-0.05, 0) is 13.5 Å². The number of carboxylic acids is 4. The molecule has 1 rings (SSSR count). The number of nitrogens with zero attached hydrogens (tertiary/aromatic N) is 4. The van der Waals surface area contributed by atoms with E-state index < -0.39 is 29.9 Å². The maximum atomic E-state index is 12.1. The zero-order valence-electron chi connectivity index (χ0n) is 20.6. The van der Waals surface area contributed by atoms with Gasteiger partial charge >= 0.3 is 23.9 Å². The molecule has 15 nitrogen and oxygen atoms in total. The molecule has 0 aliphatic carbocycles. The van der Waals surface area contributed by atoms with Gasteiger partial charge in [-0.1, -0.05) is 0 Å². The van der Waals surface area contributed by atoms with Crippen LogP contribution >= 0.6 is 0 Å². The van der Waals surface area contributed by atoms with Crippen molar-refractivity contribution in [1.29, 1.82) is 0 Å². The van der Waals surface area contributed by atoms with Crippen molar-refractivity contribution in [2.75, 3.05) is 85.7 Å². The molecule has 1 fully saturated rings. The molecule has 0 aromatic rings. The molecule has 1 aliphatic heterocycles. The number of hydrogen-bond donors (Lipinski definition) is 6. The second-order valence-corrected chi connectivity index (χ2v) is 8.59.